The molecule has 3 rings (SSSR count). The summed E-state index contributed by atoms with van der Waals surface area (Å²) in [7, 11) is -2.55. The first-order valence-electron chi connectivity index (χ1n) is 8.60. The molecule has 0 radical (unpaired) electrons. The molecule has 0 atom stereocenters. The van der Waals surface area contributed by atoms with Gasteiger partial charge in [0.2, 0.25) is 11.7 Å². The number of halogens is 1. The molecule has 0 aliphatic heterocycles. The third-order valence-corrected chi connectivity index (χ3v) is 5.43. The molecule has 8 nitrogen and oxygen atoms in total. The van der Waals surface area contributed by atoms with Crippen molar-refractivity contribution in [1.82, 2.24) is 9.97 Å². The molecule has 10 heteroatoms. The molecule has 0 saturated heterocycles. The van der Waals surface area contributed by atoms with Gasteiger partial charge in [-0.05, 0) is 48.0 Å². The van der Waals surface area contributed by atoms with E-state index >= 15 is 0 Å². The number of sulfonamides is 1. The van der Waals surface area contributed by atoms with E-state index in [0.29, 0.717) is 10.7 Å². The van der Waals surface area contributed by atoms with E-state index in [1.807, 2.05) is 0 Å². The molecule has 0 unspecified atom stereocenters. The SMILES string of the molecule is COc1nccnc1NS(=O)(=O)c1ccc(NC(=O)/C=C/c2ccc(Cl)cc2)cc1. The van der Waals surface area contributed by atoms with Crippen LogP contribution in [-0.4, -0.2) is 31.4 Å². The van der Waals surface area contributed by atoms with Crippen LogP contribution in [0.5, 0.6) is 5.88 Å². The monoisotopic (exact) mass is 444 g/mol. The van der Waals surface area contributed by atoms with Crippen LogP contribution in [0, 0.1) is 0 Å². The topological polar surface area (TPSA) is 110 Å². The van der Waals surface area contributed by atoms with Gasteiger partial charge in [-0.25, -0.2) is 18.4 Å². The summed E-state index contributed by atoms with van der Waals surface area (Å²) in [5.41, 5.74) is 1.26. The number of ether oxygens (including phenoxy) is 1. The van der Waals surface area contributed by atoms with Crippen molar-refractivity contribution in [2.45, 2.75) is 4.90 Å². The minimum absolute atomic E-state index is 0.00934. The molecule has 2 aromatic carbocycles. The summed E-state index contributed by atoms with van der Waals surface area (Å²) in [6.07, 6.45) is 5.74. The number of nitrogens with one attached hydrogen (secondary N) is 2. The second kappa shape index (κ2) is 9.38. The van der Waals surface area contributed by atoms with Crippen molar-refractivity contribution in [3.8, 4) is 5.88 Å². The standard InChI is InChI=1S/C20H17ClN4O4S/c1-29-20-19(22-12-13-23-20)25-30(27,28)17-9-7-16(8-10-17)24-18(26)11-4-14-2-5-15(21)6-3-14/h2-13H,1H3,(H,22,25)(H,24,26)/b11-4+. The van der Waals surface area contributed by atoms with Gasteiger partial charge in [0.15, 0.2) is 0 Å². The molecule has 154 valence electrons. The molecule has 1 aromatic heterocycles. The second-order valence-electron chi connectivity index (χ2n) is 5.92. The maximum atomic E-state index is 12.5. The molecular weight excluding hydrogens is 428 g/mol. The molecular formula is C20H17ClN4O4S. The summed E-state index contributed by atoms with van der Waals surface area (Å²) >= 11 is 5.82. The number of anilines is 2. The van der Waals surface area contributed by atoms with Crippen molar-refractivity contribution in [2.75, 3.05) is 17.1 Å². The fourth-order valence-electron chi connectivity index (χ4n) is 2.38. The average Bonchev–Trinajstić information content (AvgIpc) is 2.74. The Morgan fingerprint density at radius 1 is 1.03 bits per heavy atom. The van der Waals surface area contributed by atoms with Crippen molar-refractivity contribution in [2.24, 2.45) is 0 Å². The highest BCUT2D eigenvalue weighted by Crippen LogP contribution is 2.22. The van der Waals surface area contributed by atoms with Gasteiger partial charge in [0.1, 0.15) is 0 Å². The number of rotatable bonds is 7. The van der Waals surface area contributed by atoms with E-state index in [0.717, 1.165) is 5.56 Å². The van der Waals surface area contributed by atoms with E-state index in [9.17, 15) is 13.2 Å². The van der Waals surface area contributed by atoms with Gasteiger partial charge in [0, 0.05) is 29.2 Å². The lowest BCUT2D eigenvalue weighted by Crippen LogP contribution is -2.15. The maximum absolute atomic E-state index is 12.5. The van der Waals surface area contributed by atoms with Crippen LogP contribution in [0.4, 0.5) is 11.5 Å². The predicted octanol–water partition coefficient (Wildman–Crippen LogP) is 3.59. The normalized spacial score (nSPS) is 11.3. The van der Waals surface area contributed by atoms with Crippen molar-refractivity contribution < 1.29 is 17.9 Å². The highest BCUT2D eigenvalue weighted by molar-refractivity contribution is 7.92. The maximum Gasteiger partial charge on any atom is 0.263 e. The molecule has 0 saturated carbocycles. The van der Waals surface area contributed by atoms with Crippen LogP contribution in [0.15, 0.2) is 71.9 Å². The third-order valence-electron chi connectivity index (χ3n) is 3.82. The van der Waals surface area contributed by atoms with Crippen LogP contribution in [0.25, 0.3) is 6.08 Å². The number of hydrogen-bond acceptors (Lipinski definition) is 6. The van der Waals surface area contributed by atoms with Gasteiger partial charge >= 0.3 is 0 Å². The molecule has 0 bridgehead atoms. The Hall–Kier alpha value is -3.43. The Morgan fingerprint density at radius 3 is 2.37 bits per heavy atom. The molecule has 0 fully saturated rings. The number of nitrogens with zero attached hydrogens (tertiary/aromatic N) is 2. The molecule has 1 amide bonds. The zero-order valence-electron chi connectivity index (χ0n) is 15.7. The fourth-order valence-corrected chi connectivity index (χ4v) is 3.51. The Kier molecular flexibility index (Phi) is 6.65. The first-order valence-corrected chi connectivity index (χ1v) is 10.5. The minimum Gasteiger partial charge on any atom is -0.478 e. The van der Waals surface area contributed by atoms with Gasteiger partial charge in [-0.15, -0.1) is 0 Å². The second-order valence-corrected chi connectivity index (χ2v) is 8.04. The number of methoxy groups -OCH3 is 1. The molecule has 3 aromatic rings. The molecule has 2 N–H and O–H groups in total. The summed E-state index contributed by atoms with van der Waals surface area (Å²) in [5.74, 6) is -0.329. The van der Waals surface area contributed by atoms with E-state index in [2.05, 4.69) is 20.0 Å². The lowest BCUT2D eigenvalue weighted by molar-refractivity contribution is -0.111. The Bertz CT molecular complexity index is 1160. The summed E-state index contributed by atoms with van der Waals surface area (Å²) in [6.45, 7) is 0. The van der Waals surface area contributed by atoms with E-state index in [4.69, 9.17) is 16.3 Å². The smallest absolute Gasteiger partial charge is 0.263 e. The quantitative estimate of drug-likeness (QED) is 0.539. The number of benzene rings is 2. The Balaban J connectivity index is 1.66. The first-order chi connectivity index (χ1) is 14.4. The number of carbonyl (C=O) groups excluding carboxylic acids is 1. The Labute approximate surface area is 178 Å². The van der Waals surface area contributed by atoms with E-state index < -0.39 is 10.0 Å². The summed E-state index contributed by atoms with van der Waals surface area (Å²) < 4.78 is 32.4. The van der Waals surface area contributed by atoms with Crippen molar-refractivity contribution in [1.29, 1.82) is 0 Å². The summed E-state index contributed by atoms with van der Waals surface area (Å²) in [6, 6.07) is 12.7. The van der Waals surface area contributed by atoms with Crippen LogP contribution < -0.4 is 14.8 Å². The fraction of sp³-hybridized carbons (Fsp3) is 0.0500. The van der Waals surface area contributed by atoms with Gasteiger partial charge in [0.05, 0.1) is 12.0 Å². The van der Waals surface area contributed by atoms with Gasteiger partial charge in [0.25, 0.3) is 15.9 Å². The van der Waals surface area contributed by atoms with Crippen molar-refractivity contribution in [3.63, 3.8) is 0 Å². The van der Waals surface area contributed by atoms with E-state index in [1.54, 1.807) is 30.3 Å². The van der Waals surface area contributed by atoms with Crippen LogP contribution in [0.3, 0.4) is 0 Å². The summed E-state index contributed by atoms with van der Waals surface area (Å²) in [5, 5.41) is 3.27. The van der Waals surface area contributed by atoms with E-state index in [1.165, 1.54) is 49.8 Å². The van der Waals surface area contributed by atoms with Crippen LogP contribution >= 0.6 is 11.6 Å². The van der Waals surface area contributed by atoms with Crippen LogP contribution in [0.1, 0.15) is 5.56 Å². The highest BCUT2D eigenvalue weighted by atomic mass is 35.5. The lowest BCUT2D eigenvalue weighted by Gasteiger charge is -2.10. The van der Waals surface area contributed by atoms with E-state index in [-0.39, 0.29) is 22.5 Å². The highest BCUT2D eigenvalue weighted by Gasteiger charge is 2.18. The zero-order chi connectivity index (χ0) is 21.6. The largest absolute Gasteiger partial charge is 0.478 e. The number of hydrogen-bond donors (Lipinski definition) is 2. The Morgan fingerprint density at radius 2 is 1.70 bits per heavy atom. The molecule has 30 heavy (non-hydrogen) atoms. The summed E-state index contributed by atoms with van der Waals surface area (Å²) in [4.78, 5) is 19.9. The minimum atomic E-state index is -3.91. The number of aromatic nitrogens is 2. The van der Waals surface area contributed by atoms with Crippen molar-refractivity contribution >= 4 is 45.1 Å². The molecule has 1 heterocycles. The van der Waals surface area contributed by atoms with Crippen LogP contribution in [-0.2, 0) is 14.8 Å². The molecule has 0 aliphatic rings. The van der Waals surface area contributed by atoms with Gasteiger partial charge in [-0.3, -0.25) is 9.52 Å². The lowest BCUT2D eigenvalue weighted by atomic mass is 10.2. The number of amides is 1. The first kappa shape index (κ1) is 21.3. The predicted molar refractivity (Wildman–Crippen MR) is 115 cm³/mol. The van der Waals surface area contributed by atoms with Crippen LogP contribution in [0.2, 0.25) is 5.02 Å². The van der Waals surface area contributed by atoms with Gasteiger partial charge < -0.3 is 10.1 Å². The zero-order valence-corrected chi connectivity index (χ0v) is 17.3. The van der Waals surface area contributed by atoms with Gasteiger partial charge in [-0.1, -0.05) is 23.7 Å². The third kappa shape index (κ3) is 5.56. The number of carbonyl (C=O) groups is 1. The van der Waals surface area contributed by atoms with Gasteiger partial charge in [-0.2, -0.15) is 0 Å². The average molecular weight is 445 g/mol. The van der Waals surface area contributed by atoms with Crippen molar-refractivity contribution in [3.05, 3.63) is 77.6 Å². The molecule has 0 aliphatic carbocycles. The molecule has 0 spiro atoms.